The maximum absolute atomic E-state index is 14.5. The lowest BCUT2D eigenvalue weighted by Gasteiger charge is -2.34. The predicted molar refractivity (Wildman–Crippen MR) is 205 cm³/mol. The zero-order chi connectivity index (χ0) is 34.6. The van der Waals surface area contributed by atoms with Gasteiger partial charge in [-0.15, -0.1) is 0 Å². The van der Waals surface area contributed by atoms with Crippen molar-refractivity contribution in [3.05, 3.63) is 148 Å². The summed E-state index contributed by atoms with van der Waals surface area (Å²) in [7, 11) is 4.29. The first kappa shape index (κ1) is 33.6. The zero-order valence-electron chi connectivity index (χ0n) is 29.3. The molecular weight excluding hydrogens is 615 g/mol. The van der Waals surface area contributed by atoms with Gasteiger partial charge < -0.3 is 16.0 Å². The van der Waals surface area contributed by atoms with Gasteiger partial charge >= 0.3 is 0 Å². The normalized spacial score (nSPS) is 16.3. The Hall–Kier alpha value is -4.84. The number of ketones is 1. The third kappa shape index (κ3) is 6.81. The van der Waals surface area contributed by atoms with Crippen LogP contribution in [-0.2, 0) is 19.4 Å². The average molecular weight is 662 g/mol. The number of rotatable bonds is 11. The molecular formula is C45H47N3O2. The number of anilines is 1. The Kier molecular flexibility index (Phi) is 10.1. The fourth-order valence-electron chi connectivity index (χ4n) is 8.28. The Labute approximate surface area is 296 Å². The van der Waals surface area contributed by atoms with Crippen LogP contribution in [0.15, 0.2) is 109 Å². The summed E-state index contributed by atoms with van der Waals surface area (Å²) in [6.07, 6.45) is 7.75. The quantitative estimate of drug-likeness (QED) is 0.109. The molecule has 0 spiro atoms. The molecule has 0 aliphatic heterocycles. The maximum Gasteiger partial charge on any atom is 0.256 e. The Morgan fingerprint density at radius 3 is 2.28 bits per heavy atom. The van der Waals surface area contributed by atoms with Gasteiger partial charge in [0.05, 0.1) is 5.92 Å². The van der Waals surface area contributed by atoms with Gasteiger partial charge in [-0.25, -0.2) is 0 Å². The summed E-state index contributed by atoms with van der Waals surface area (Å²) in [5, 5.41) is 3.07. The Morgan fingerprint density at radius 2 is 1.50 bits per heavy atom. The van der Waals surface area contributed by atoms with Crippen molar-refractivity contribution >= 4 is 17.4 Å². The fourth-order valence-corrected chi connectivity index (χ4v) is 8.28. The highest BCUT2D eigenvalue weighted by Gasteiger charge is 2.35. The lowest BCUT2D eigenvalue weighted by Crippen LogP contribution is -2.24. The van der Waals surface area contributed by atoms with Gasteiger partial charge in [0.1, 0.15) is 0 Å². The van der Waals surface area contributed by atoms with Crippen LogP contribution in [-0.4, -0.2) is 37.2 Å². The number of hydrogen-bond donors (Lipinski definition) is 2. The molecule has 50 heavy (non-hydrogen) atoms. The molecule has 2 aliphatic carbocycles. The van der Waals surface area contributed by atoms with Gasteiger partial charge in [-0.2, -0.15) is 0 Å². The van der Waals surface area contributed by atoms with Crippen molar-refractivity contribution < 1.29 is 9.59 Å². The summed E-state index contributed by atoms with van der Waals surface area (Å²) in [5.74, 6) is 0.254. The van der Waals surface area contributed by atoms with Crippen LogP contribution in [0.4, 0.5) is 5.69 Å². The minimum absolute atomic E-state index is 0.142. The molecule has 1 amide bonds. The summed E-state index contributed by atoms with van der Waals surface area (Å²) in [6, 6.07) is 36.2. The lowest BCUT2D eigenvalue weighted by molar-refractivity contribution is 0.0957. The van der Waals surface area contributed by atoms with Crippen molar-refractivity contribution in [3.63, 3.8) is 0 Å². The van der Waals surface area contributed by atoms with Crippen LogP contribution in [0.5, 0.6) is 0 Å². The van der Waals surface area contributed by atoms with Gasteiger partial charge in [0.25, 0.3) is 5.91 Å². The molecule has 0 saturated carbocycles. The Morgan fingerprint density at radius 1 is 0.780 bits per heavy atom. The summed E-state index contributed by atoms with van der Waals surface area (Å²) in [5.41, 5.74) is 18.5. The molecule has 254 valence electrons. The Balaban J connectivity index is 1.15. The van der Waals surface area contributed by atoms with Crippen LogP contribution in [0.3, 0.4) is 0 Å². The van der Waals surface area contributed by atoms with Crippen LogP contribution >= 0.6 is 0 Å². The van der Waals surface area contributed by atoms with E-state index in [1.54, 1.807) is 0 Å². The van der Waals surface area contributed by atoms with Gasteiger partial charge in [0, 0.05) is 23.4 Å². The molecule has 0 fully saturated rings. The zero-order valence-corrected chi connectivity index (χ0v) is 29.3. The second kappa shape index (κ2) is 15.0. The minimum Gasteiger partial charge on any atom is -0.326 e. The van der Waals surface area contributed by atoms with E-state index in [0.717, 1.165) is 29.7 Å². The third-order valence-corrected chi connectivity index (χ3v) is 10.7. The first-order chi connectivity index (χ1) is 24.4. The molecule has 2 aliphatic rings. The number of carbonyl (C=O) groups is 2. The number of nitrogens with two attached hydrogens (primary N) is 1. The molecule has 0 aromatic heterocycles. The molecule has 3 N–H and O–H groups in total. The number of benzene rings is 5. The summed E-state index contributed by atoms with van der Waals surface area (Å²) >= 11 is 0. The van der Waals surface area contributed by atoms with Crippen molar-refractivity contribution in [2.24, 2.45) is 5.73 Å². The number of nitrogens with one attached hydrogen (secondary N) is 1. The van der Waals surface area contributed by atoms with E-state index in [-0.39, 0.29) is 17.6 Å². The number of fused-ring (bicyclic) bond motifs is 5. The highest BCUT2D eigenvalue weighted by atomic mass is 16.1. The van der Waals surface area contributed by atoms with E-state index in [1.807, 2.05) is 72.8 Å². The van der Waals surface area contributed by atoms with E-state index in [4.69, 9.17) is 5.73 Å². The van der Waals surface area contributed by atoms with Crippen LogP contribution in [0.25, 0.3) is 22.3 Å². The lowest BCUT2D eigenvalue weighted by atomic mass is 9.69. The molecule has 0 radical (unpaired) electrons. The minimum atomic E-state index is -0.239. The average Bonchev–Trinajstić information content (AvgIpc) is 3.15. The monoisotopic (exact) mass is 661 g/mol. The van der Waals surface area contributed by atoms with E-state index >= 15 is 0 Å². The van der Waals surface area contributed by atoms with Crippen LogP contribution < -0.4 is 11.1 Å². The molecule has 5 heteroatoms. The van der Waals surface area contributed by atoms with E-state index < -0.39 is 0 Å². The SMILES string of the molecule is CN(C)CCCCC1CCCc2c1ccc1c2C(C(=O)c2ccc(NC(=O)c3ccccc3-c3ccccc3CN)cc2)Cc2ccccc2-1. The molecule has 0 heterocycles. The van der Waals surface area contributed by atoms with Crippen molar-refractivity contribution in [1.82, 2.24) is 4.90 Å². The molecule has 5 aromatic rings. The highest BCUT2D eigenvalue weighted by Crippen LogP contribution is 2.47. The van der Waals surface area contributed by atoms with Crippen LogP contribution in [0, 0.1) is 0 Å². The van der Waals surface area contributed by atoms with Crippen molar-refractivity contribution in [3.8, 4) is 22.3 Å². The van der Waals surface area contributed by atoms with Gasteiger partial charge in [0.15, 0.2) is 5.78 Å². The van der Waals surface area contributed by atoms with Crippen molar-refractivity contribution in [1.29, 1.82) is 0 Å². The van der Waals surface area contributed by atoms with E-state index in [9.17, 15) is 9.59 Å². The number of amides is 1. The smallest absolute Gasteiger partial charge is 0.256 e. The molecule has 5 nitrogen and oxygen atoms in total. The fraction of sp³-hybridized carbons (Fsp3) is 0.289. The summed E-state index contributed by atoms with van der Waals surface area (Å²) < 4.78 is 0. The van der Waals surface area contributed by atoms with Crippen LogP contribution in [0.2, 0.25) is 0 Å². The number of unbranched alkanes of at least 4 members (excludes halogenated alkanes) is 1. The van der Waals surface area contributed by atoms with Crippen molar-refractivity contribution in [2.45, 2.75) is 63.3 Å². The van der Waals surface area contributed by atoms with Crippen molar-refractivity contribution in [2.75, 3.05) is 26.0 Å². The number of hydrogen-bond acceptors (Lipinski definition) is 4. The molecule has 2 unspecified atom stereocenters. The first-order valence-electron chi connectivity index (χ1n) is 18.1. The summed E-state index contributed by atoms with van der Waals surface area (Å²) in [4.78, 5) is 30.4. The molecule has 0 bridgehead atoms. The van der Waals surface area contributed by atoms with Gasteiger partial charge in [-0.05, 0) is 145 Å². The standard InChI is InChI=1S/C45H47N3O2/c1-48(2)27-10-9-12-30-15-11-20-39-37(30)25-26-40-35-16-5-3-13-32(35)28-42(43(39)40)44(49)31-21-23-34(24-22-31)47-45(50)41-19-8-7-18-38(41)36-17-6-4-14-33(36)29-46/h3-8,13-14,16-19,21-26,30,42H,9-12,15,20,27-29,46H2,1-2H3,(H,47,50). The number of carbonyl (C=O) groups excluding carboxylic acids is 2. The maximum atomic E-state index is 14.5. The van der Waals surface area contributed by atoms with Gasteiger partial charge in [-0.3, -0.25) is 9.59 Å². The molecule has 0 saturated heterocycles. The third-order valence-electron chi connectivity index (χ3n) is 10.7. The number of Topliss-reactive ketones (excluding diaryl/α,β-unsaturated/α-hetero) is 1. The predicted octanol–water partition coefficient (Wildman–Crippen LogP) is 9.41. The van der Waals surface area contributed by atoms with E-state index in [0.29, 0.717) is 35.7 Å². The van der Waals surface area contributed by atoms with E-state index in [2.05, 4.69) is 60.7 Å². The second-order valence-electron chi connectivity index (χ2n) is 14.2. The van der Waals surface area contributed by atoms with Gasteiger partial charge in [0.2, 0.25) is 0 Å². The topological polar surface area (TPSA) is 75.4 Å². The second-order valence-corrected chi connectivity index (χ2v) is 14.2. The molecule has 5 aromatic carbocycles. The number of nitrogens with zero attached hydrogens (tertiary/aromatic N) is 1. The van der Waals surface area contributed by atoms with Gasteiger partial charge in [-0.1, -0.05) is 85.3 Å². The first-order valence-corrected chi connectivity index (χ1v) is 18.1. The van der Waals surface area contributed by atoms with Crippen LogP contribution in [0.1, 0.15) is 92.5 Å². The summed E-state index contributed by atoms with van der Waals surface area (Å²) in [6.45, 7) is 1.51. The Bertz CT molecular complexity index is 2010. The largest absolute Gasteiger partial charge is 0.326 e. The highest BCUT2D eigenvalue weighted by molar-refractivity contribution is 6.09. The van der Waals surface area contributed by atoms with E-state index in [1.165, 1.54) is 65.5 Å². The molecule has 7 rings (SSSR count). The molecule has 2 atom stereocenters.